The number of aromatic nitrogens is 3. The molecule has 1 aliphatic carbocycles. The first kappa shape index (κ1) is 17.1. The van der Waals surface area contributed by atoms with Crippen molar-refractivity contribution in [2.24, 2.45) is 7.05 Å². The average molecular weight is 368 g/mol. The van der Waals surface area contributed by atoms with Gasteiger partial charge in [-0.2, -0.15) is 5.10 Å². The van der Waals surface area contributed by atoms with E-state index in [1.54, 1.807) is 16.3 Å². The highest BCUT2D eigenvalue weighted by Crippen LogP contribution is 2.24. The molecule has 0 atom stereocenters. The van der Waals surface area contributed by atoms with Gasteiger partial charge in [-0.15, -0.1) is 11.3 Å². The highest BCUT2D eigenvalue weighted by molar-refractivity contribution is 7.91. The minimum Gasteiger partial charge on any atom is -0.352 e. The Labute approximate surface area is 145 Å². The van der Waals surface area contributed by atoms with E-state index < -0.39 is 21.5 Å². The lowest BCUT2D eigenvalue weighted by molar-refractivity contribution is -0.119. The largest absolute Gasteiger partial charge is 0.352 e. The van der Waals surface area contributed by atoms with E-state index in [1.165, 1.54) is 11.3 Å². The highest BCUT2D eigenvalue weighted by Gasteiger charge is 2.23. The Morgan fingerprint density at radius 2 is 2.17 bits per heavy atom. The van der Waals surface area contributed by atoms with Gasteiger partial charge < -0.3 is 5.32 Å². The van der Waals surface area contributed by atoms with Gasteiger partial charge in [0, 0.05) is 30.2 Å². The molecule has 1 amide bonds. The quantitative estimate of drug-likeness (QED) is 0.834. The van der Waals surface area contributed by atoms with Crippen LogP contribution in [-0.4, -0.2) is 40.9 Å². The summed E-state index contributed by atoms with van der Waals surface area (Å²) in [6, 6.07) is 0.129. The van der Waals surface area contributed by atoms with Crippen LogP contribution in [0.2, 0.25) is 0 Å². The Kier molecular flexibility index (Phi) is 5.00. The second-order valence-electron chi connectivity index (χ2n) is 6.13. The molecule has 0 radical (unpaired) electrons. The molecule has 2 heterocycles. The van der Waals surface area contributed by atoms with Crippen LogP contribution in [0, 0.1) is 0 Å². The molecule has 1 saturated carbocycles. The molecule has 0 bridgehead atoms. The molecule has 0 aromatic carbocycles. The van der Waals surface area contributed by atoms with Gasteiger partial charge in [0.25, 0.3) is 0 Å². The Hall–Kier alpha value is -1.74. The second-order valence-corrected chi connectivity index (χ2v) is 9.05. The van der Waals surface area contributed by atoms with Crippen LogP contribution in [0.5, 0.6) is 0 Å². The van der Waals surface area contributed by atoms with Gasteiger partial charge in [0.05, 0.1) is 17.6 Å². The topological polar surface area (TPSA) is 94.0 Å². The summed E-state index contributed by atoms with van der Waals surface area (Å²) in [5.74, 6) is -1.12. The molecule has 1 N–H and O–H groups in total. The third kappa shape index (κ3) is 4.41. The van der Waals surface area contributed by atoms with Crippen LogP contribution < -0.4 is 5.32 Å². The fraction of sp³-hybridized carbons (Fsp3) is 0.533. The van der Waals surface area contributed by atoms with E-state index in [2.05, 4.69) is 15.4 Å². The van der Waals surface area contributed by atoms with Crippen LogP contribution in [0.15, 0.2) is 17.8 Å². The smallest absolute Gasteiger partial charge is 0.235 e. The van der Waals surface area contributed by atoms with Gasteiger partial charge in [0.1, 0.15) is 10.8 Å². The van der Waals surface area contributed by atoms with E-state index >= 15 is 0 Å². The van der Waals surface area contributed by atoms with Gasteiger partial charge in [-0.3, -0.25) is 9.48 Å². The molecule has 2 aromatic heterocycles. The molecule has 0 spiro atoms. The lowest BCUT2D eigenvalue weighted by Crippen LogP contribution is -2.37. The summed E-state index contributed by atoms with van der Waals surface area (Å²) < 4.78 is 26.1. The number of aryl methyl sites for hydroxylation is 1. The Balaban J connectivity index is 1.59. The molecule has 0 aliphatic heterocycles. The van der Waals surface area contributed by atoms with E-state index in [-0.39, 0.29) is 11.8 Å². The third-order valence-corrected chi connectivity index (χ3v) is 6.32. The van der Waals surface area contributed by atoms with E-state index in [4.69, 9.17) is 0 Å². The van der Waals surface area contributed by atoms with Gasteiger partial charge in [0.2, 0.25) is 5.91 Å². The van der Waals surface area contributed by atoms with E-state index in [1.807, 2.05) is 13.2 Å². The summed E-state index contributed by atoms with van der Waals surface area (Å²) in [4.78, 5) is 16.3. The van der Waals surface area contributed by atoms with E-state index in [9.17, 15) is 13.2 Å². The number of nitrogens with one attached hydrogen (secondary N) is 1. The van der Waals surface area contributed by atoms with Gasteiger partial charge in [-0.25, -0.2) is 13.4 Å². The maximum Gasteiger partial charge on any atom is 0.235 e. The normalized spacial score (nSPS) is 15.7. The molecule has 9 heteroatoms. The van der Waals surface area contributed by atoms with Crippen LogP contribution >= 0.6 is 11.3 Å². The summed E-state index contributed by atoms with van der Waals surface area (Å²) >= 11 is 1.37. The molecule has 1 fully saturated rings. The predicted octanol–water partition coefficient (Wildman–Crippen LogP) is 1.52. The molecule has 3 rings (SSSR count). The fourth-order valence-electron chi connectivity index (χ4n) is 2.85. The van der Waals surface area contributed by atoms with Crippen LogP contribution in [0.25, 0.3) is 10.6 Å². The van der Waals surface area contributed by atoms with Crippen molar-refractivity contribution in [3.63, 3.8) is 0 Å². The van der Waals surface area contributed by atoms with Crippen molar-refractivity contribution < 1.29 is 13.2 Å². The molecule has 0 unspecified atom stereocenters. The molecule has 2 aromatic rings. The lowest BCUT2D eigenvalue weighted by Gasteiger charge is -2.11. The SMILES string of the molecule is Cn1cc(-c2nc(CS(=O)(=O)CC(=O)NC3CCCC3)cs2)cn1. The minimum absolute atomic E-state index is 0.129. The zero-order valence-corrected chi connectivity index (χ0v) is 15.1. The number of amides is 1. The first-order chi connectivity index (χ1) is 11.4. The summed E-state index contributed by atoms with van der Waals surface area (Å²) in [6.07, 6.45) is 7.57. The molecule has 24 heavy (non-hydrogen) atoms. The monoisotopic (exact) mass is 368 g/mol. The number of carbonyl (C=O) groups is 1. The van der Waals surface area contributed by atoms with Gasteiger partial charge >= 0.3 is 0 Å². The van der Waals surface area contributed by atoms with Crippen molar-refractivity contribution in [2.75, 3.05) is 5.75 Å². The molecular formula is C15H20N4O3S2. The van der Waals surface area contributed by atoms with Gasteiger partial charge in [0.15, 0.2) is 9.84 Å². The van der Waals surface area contributed by atoms with Crippen LogP contribution in [-0.2, 0) is 27.4 Å². The zero-order valence-electron chi connectivity index (χ0n) is 13.4. The third-order valence-electron chi connectivity index (χ3n) is 3.94. The Bertz CT molecular complexity index is 819. The zero-order chi connectivity index (χ0) is 17.2. The highest BCUT2D eigenvalue weighted by atomic mass is 32.2. The lowest BCUT2D eigenvalue weighted by atomic mass is 10.2. The molecule has 130 valence electrons. The maximum absolute atomic E-state index is 12.2. The fourth-order valence-corrected chi connectivity index (χ4v) is 4.94. The number of thiazole rings is 1. The van der Waals surface area contributed by atoms with Gasteiger partial charge in [-0.05, 0) is 12.8 Å². The number of carbonyl (C=O) groups excluding carboxylic acids is 1. The number of nitrogens with zero attached hydrogens (tertiary/aromatic N) is 3. The molecule has 1 aliphatic rings. The standard InChI is InChI=1S/C15H20N4O3S2/c1-19-7-11(6-16-19)15-18-13(8-23-15)9-24(21,22)10-14(20)17-12-4-2-3-5-12/h6-8,12H,2-5,9-10H2,1H3,(H,17,20). The van der Waals surface area contributed by atoms with Crippen LogP contribution in [0.3, 0.4) is 0 Å². The predicted molar refractivity (Wildman–Crippen MR) is 92.2 cm³/mol. The summed E-state index contributed by atoms with van der Waals surface area (Å²) in [7, 11) is -1.72. The van der Waals surface area contributed by atoms with E-state index in [0.717, 1.165) is 36.3 Å². The molecule has 7 nitrogen and oxygen atoms in total. The van der Waals surface area contributed by atoms with Crippen molar-refractivity contribution in [3.05, 3.63) is 23.5 Å². The average Bonchev–Trinajstić information content (AvgIpc) is 3.19. The first-order valence-electron chi connectivity index (χ1n) is 7.84. The minimum atomic E-state index is -3.53. The number of hydrogen-bond acceptors (Lipinski definition) is 6. The van der Waals surface area contributed by atoms with Gasteiger partial charge in [-0.1, -0.05) is 12.8 Å². The van der Waals surface area contributed by atoms with Crippen molar-refractivity contribution in [1.82, 2.24) is 20.1 Å². The van der Waals surface area contributed by atoms with Crippen molar-refractivity contribution in [1.29, 1.82) is 0 Å². The van der Waals surface area contributed by atoms with Crippen LogP contribution in [0.1, 0.15) is 31.4 Å². The first-order valence-corrected chi connectivity index (χ1v) is 10.5. The summed E-state index contributed by atoms with van der Waals surface area (Å²) in [6.45, 7) is 0. The van der Waals surface area contributed by atoms with Crippen molar-refractivity contribution in [3.8, 4) is 10.6 Å². The second kappa shape index (κ2) is 7.02. The Morgan fingerprint density at radius 3 is 2.83 bits per heavy atom. The number of rotatable bonds is 6. The number of hydrogen-bond donors (Lipinski definition) is 1. The van der Waals surface area contributed by atoms with Crippen LogP contribution in [0.4, 0.5) is 0 Å². The summed E-state index contributed by atoms with van der Waals surface area (Å²) in [5.41, 5.74) is 1.32. The Morgan fingerprint density at radius 1 is 1.42 bits per heavy atom. The molecule has 0 saturated heterocycles. The summed E-state index contributed by atoms with van der Waals surface area (Å²) in [5, 5.41) is 9.33. The number of sulfone groups is 1. The van der Waals surface area contributed by atoms with E-state index in [0.29, 0.717) is 5.69 Å². The van der Waals surface area contributed by atoms with Crippen molar-refractivity contribution >= 4 is 27.1 Å². The molecular weight excluding hydrogens is 348 g/mol. The maximum atomic E-state index is 12.2. The van der Waals surface area contributed by atoms with Crippen molar-refractivity contribution in [2.45, 2.75) is 37.5 Å².